The van der Waals surface area contributed by atoms with Crippen LogP contribution in [0.2, 0.25) is 0 Å². The lowest BCUT2D eigenvalue weighted by atomic mass is 9.81. The molecular formula is C22H24N6O4. The van der Waals surface area contributed by atoms with Crippen molar-refractivity contribution in [2.45, 2.75) is 32.6 Å². The second-order valence-electron chi connectivity index (χ2n) is 8.25. The smallest absolute Gasteiger partial charge is 0.307 e. The molecule has 2 aromatic heterocycles. The number of benzene rings is 1. The van der Waals surface area contributed by atoms with Crippen molar-refractivity contribution in [1.29, 1.82) is 0 Å². The number of fused-ring (bicyclic) bond motifs is 1. The summed E-state index contributed by atoms with van der Waals surface area (Å²) in [5.41, 5.74) is 3.10. The Bertz CT molecular complexity index is 1100. The summed E-state index contributed by atoms with van der Waals surface area (Å²) in [6, 6.07) is 9.28. The van der Waals surface area contributed by atoms with Gasteiger partial charge in [-0.15, -0.1) is 10.2 Å². The molecule has 2 atom stereocenters. The van der Waals surface area contributed by atoms with Crippen LogP contribution < -0.4 is 10.1 Å². The molecule has 0 spiro atoms. The number of tetrazole rings is 1. The van der Waals surface area contributed by atoms with Gasteiger partial charge in [0.1, 0.15) is 5.75 Å². The second-order valence-corrected chi connectivity index (χ2v) is 8.25. The molecule has 10 heteroatoms. The van der Waals surface area contributed by atoms with Crippen LogP contribution in [0.3, 0.4) is 0 Å². The molecule has 166 valence electrons. The largest absolute Gasteiger partial charge is 0.482 e. The van der Waals surface area contributed by atoms with Gasteiger partial charge in [-0.2, -0.15) is 5.21 Å². The van der Waals surface area contributed by atoms with E-state index in [2.05, 4.69) is 30.9 Å². The van der Waals surface area contributed by atoms with Crippen molar-refractivity contribution in [3.05, 3.63) is 47.9 Å². The van der Waals surface area contributed by atoms with Crippen LogP contribution in [0, 0.1) is 11.8 Å². The zero-order valence-electron chi connectivity index (χ0n) is 17.8. The number of pyridine rings is 1. The first-order valence-electron chi connectivity index (χ1n) is 10.4. The van der Waals surface area contributed by atoms with Crippen LogP contribution in [-0.2, 0) is 16.0 Å². The third kappa shape index (κ3) is 4.74. The maximum absolute atomic E-state index is 12.0. The molecule has 0 aliphatic carbocycles. The number of hydrogen-bond donors (Lipinski definition) is 3. The van der Waals surface area contributed by atoms with E-state index in [1.165, 1.54) is 0 Å². The minimum Gasteiger partial charge on any atom is -0.482 e. The molecule has 0 saturated heterocycles. The number of hydrogen-bond acceptors (Lipinski definition) is 7. The van der Waals surface area contributed by atoms with E-state index in [-0.39, 0.29) is 18.4 Å². The molecule has 3 aromatic rings. The standard InChI is InChI=1S/C22H24N6O4/c1-12(2)7-16(22(30)31)15(21-25-27-28-26-21)8-13-3-5-17(23-10-13)14-4-6-18-19(9-14)32-11-20(29)24-18/h3-6,9-10,12,15-16H,7-8,11H2,1-2H3,(H,24,29)(H,30,31)(H,25,26,27,28)/t15?,16-/m0/s1. The molecule has 1 unspecified atom stereocenters. The Hall–Kier alpha value is -3.82. The van der Waals surface area contributed by atoms with Gasteiger partial charge >= 0.3 is 5.97 Å². The molecular weight excluding hydrogens is 412 g/mol. The lowest BCUT2D eigenvalue weighted by Gasteiger charge is -2.23. The summed E-state index contributed by atoms with van der Waals surface area (Å²) in [6.45, 7) is 3.97. The van der Waals surface area contributed by atoms with Crippen LogP contribution in [0.15, 0.2) is 36.5 Å². The van der Waals surface area contributed by atoms with Crippen molar-refractivity contribution in [2.75, 3.05) is 11.9 Å². The predicted octanol–water partition coefficient (Wildman–Crippen LogP) is 2.67. The maximum atomic E-state index is 12.0. The molecule has 0 bridgehead atoms. The molecule has 0 fully saturated rings. The van der Waals surface area contributed by atoms with E-state index >= 15 is 0 Å². The molecule has 1 aliphatic heterocycles. The number of carbonyl (C=O) groups is 2. The van der Waals surface area contributed by atoms with E-state index in [4.69, 9.17) is 4.74 Å². The van der Waals surface area contributed by atoms with E-state index in [9.17, 15) is 14.7 Å². The van der Waals surface area contributed by atoms with Crippen LogP contribution in [-0.4, -0.2) is 49.2 Å². The van der Waals surface area contributed by atoms with Crippen LogP contribution in [0.25, 0.3) is 11.3 Å². The highest BCUT2D eigenvalue weighted by molar-refractivity contribution is 5.95. The van der Waals surface area contributed by atoms with Gasteiger partial charge in [0.2, 0.25) is 0 Å². The topological polar surface area (TPSA) is 143 Å². The number of anilines is 1. The summed E-state index contributed by atoms with van der Waals surface area (Å²) in [6.07, 6.45) is 2.67. The van der Waals surface area contributed by atoms with Crippen molar-refractivity contribution in [3.63, 3.8) is 0 Å². The van der Waals surface area contributed by atoms with E-state index in [0.29, 0.717) is 30.1 Å². The highest BCUT2D eigenvalue weighted by atomic mass is 16.5. The monoisotopic (exact) mass is 436 g/mol. The minimum absolute atomic E-state index is 0.0125. The zero-order chi connectivity index (χ0) is 22.7. The fourth-order valence-corrected chi connectivity index (χ4v) is 3.89. The van der Waals surface area contributed by atoms with Gasteiger partial charge in [0.25, 0.3) is 5.91 Å². The first-order valence-corrected chi connectivity index (χ1v) is 10.4. The zero-order valence-corrected chi connectivity index (χ0v) is 17.8. The van der Waals surface area contributed by atoms with Crippen LogP contribution in [0.4, 0.5) is 5.69 Å². The summed E-state index contributed by atoms with van der Waals surface area (Å²) in [7, 11) is 0. The summed E-state index contributed by atoms with van der Waals surface area (Å²) in [5, 5.41) is 26.8. The number of aromatic amines is 1. The number of carbonyl (C=O) groups excluding carboxylic acids is 1. The Kier molecular flexibility index (Phi) is 6.11. The lowest BCUT2D eigenvalue weighted by molar-refractivity contribution is -0.143. The normalized spacial score (nSPS) is 14.9. The minimum atomic E-state index is -0.876. The first kappa shape index (κ1) is 21.4. The molecule has 0 saturated carbocycles. The summed E-state index contributed by atoms with van der Waals surface area (Å²) < 4.78 is 5.48. The number of nitrogens with zero attached hydrogens (tertiary/aromatic N) is 4. The van der Waals surface area contributed by atoms with Gasteiger partial charge in [-0.3, -0.25) is 14.6 Å². The highest BCUT2D eigenvalue weighted by Gasteiger charge is 2.33. The van der Waals surface area contributed by atoms with Crippen LogP contribution >= 0.6 is 0 Å². The molecule has 1 aromatic carbocycles. The van der Waals surface area contributed by atoms with Crippen molar-refractivity contribution in [3.8, 4) is 17.0 Å². The average Bonchev–Trinajstić information content (AvgIpc) is 3.30. The van der Waals surface area contributed by atoms with Gasteiger partial charge in [0.05, 0.1) is 17.3 Å². The molecule has 1 amide bonds. The van der Waals surface area contributed by atoms with Crippen molar-refractivity contribution in [2.24, 2.45) is 11.8 Å². The number of nitrogens with one attached hydrogen (secondary N) is 2. The van der Waals surface area contributed by atoms with Gasteiger partial charge in [0.15, 0.2) is 12.4 Å². The third-order valence-corrected chi connectivity index (χ3v) is 5.41. The molecule has 32 heavy (non-hydrogen) atoms. The molecule has 3 N–H and O–H groups in total. The van der Waals surface area contributed by atoms with E-state index < -0.39 is 17.8 Å². The lowest BCUT2D eigenvalue weighted by Crippen LogP contribution is -2.26. The van der Waals surface area contributed by atoms with E-state index in [0.717, 1.165) is 16.8 Å². The molecule has 3 heterocycles. The fourth-order valence-electron chi connectivity index (χ4n) is 3.89. The molecule has 4 rings (SSSR count). The van der Waals surface area contributed by atoms with Gasteiger partial charge in [-0.25, -0.2) is 0 Å². The van der Waals surface area contributed by atoms with Gasteiger partial charge < -0.3 is 15.2 Å². The van der Waals surface area contributed by atoms with Crippen molar-refractivity contribution >= 4 is 17.6 Å². The third-order valence-electron chi connectivity index (χ3n) is 5.41. The van der Waals surface area contributed by atoms with E-state index in [1.54, 1.807) is 12.3 Å². The van der Waals surface area contributed by atoms with Crippen LogP contribution in [0.1, 0.15) is 37.6 Å². The summed E-state index contributed by atoms with van der Waals surface area (Å²) in [4.78, 5) is 28.0. The Morgan fingerprint density at radius 1 is 1.25 bits per heavy atom. The van der Waals surface area contributed by atoms with Gasteiger partial charge in [-0.05, 0) is 42.5 Å². The molecule has 0 radical (unpaired) electrons. The quantitative estimate of drug-likeness (QED) is 0.489. The Labute approximate surface area is 184 Å². The fraction of sp³-hybridized carbons (Fsp3) is 0.364. The predicted molar refractivity (Wildman–Crippen MR) is 115 cm³/mol. The number of rotatable bonds is 8. The van der Waals surface area contributed by atoms with Crippen molar-refractivity contribution < 1.29 is 19.4 Å². The van der Waals surface area contributed by atoms with Gasteiger partial charge in [0, 0.05) is 17.7 Å². The summed E-state index contributed by atoms with van der Waals surface area (Å²) in [5.74, 6) is -0.927. The van der Waals surface area contributed by atoms with Crippen LogP contribution in [0.5, 0.6) is 5.75 Å². The number of carboxylic acids is 1. The Morgan fingerprint density at radius 2 is 2.09 bits per heavy atom. The van der Waals surface area contributed by atoms with E-state index in [1.807, 2.05) is 38.1 Å². The SMILES string of the molecule is CC(C)C[C@H](C(=O)O)C(Cc1ccc(-c2ccc3c(c2)OCC(=O)N3)nc1)c1nn[nH]n1. The van der Waals surface area contributed by atoms with Gasteiger partial charge in [-0.1, -0.05) is 31.2 Å². The number of aromatic nitrogens is 5. The average molecular weight is 436 g/mol. The maximum Gasteiger partial charge on any atom is 0.307 e. The number of H-pyrrole nitrogens is 1. The highest BCUT2D eigenvalue weighted by Crippen LogP contribution is 2.33. The van der Waals surface area contributed by atoms with Crippen molar-refractivity contribution in [1.82, 2.24) is 25.6 Å². The second kappa shape index (κ2) is 9.13. The first-order chi connectivity index (χ1) is 15.4. The number of aliphatic carboxylic acids is 1. The number of ether oxygens (including phenoxy) is 1. The Balaban J connectivity index is 1.56. The number of carboxylic acid groups (broad SMARTS) is 1. The molecule has 10 nitrogen and oxygen atoms in total. The Morgan fingerprint density at radius 3 is 2.75 bits per heavy atom. The molecule has 1 aliphatic rings. The number of amides is 1. The summed E-state index contributed by atoms with van der Waals surface area (Å²) >= 11 is 0.